The Morgan fingerprint density at radius 2 is 2.15 bits per heavy atom. The third kappa shape index (κ3) is 2.97. The van der Waals surface area contributed by atoms with Crippen molar-refractivity contribution in [2.75, 3.05) is 5.32 Å². The molecule has 106 valence electrons. The maximum Gasteiger partial charge on any atom is 0.326 e. The third-order valence-corrected chi connectivity index (χ3v) is 2.92. The summed E-state index contributed by atoms with van der Waals surface area (Å²) in [4.78, 5) is 38.9. The molecule has 20 heavy (non-hydrogen) atoms. The number of carbonyl (C=O) groups is 1. The monoisotopic (exact) mass is 297 g/mol. The zero-order valence-corrected chi connectivity index (χ0v) is 11.5. The molecule has 0 fully saturated rings. The number of hydrogen-bond acceptors (Lipinski definition) is 4. The fourth-order valence-corrected chi connectivity index (χ4v) is 1.97. The number of carbonyl (C=O) groups excluding carboxylic acids is 1. The summed E-state index contributed by atoms with van der Waals surface area (Å²) in [5, 5.41) is 6.58. The van der Waals surface area contributed by atoms with E-state index in [1.54, 1.807) is 13.2 Å². The quantitative estimate of drug-likeness (QED) is 0.736. The first-order chi connectivity index (χ1) is 9.36. The summed E-state index contributed by atoms with van der Waals surface area (Å²) in [5.41, 5.74) is -0.443. The lowest BCUT2D eigenvalue weighted by Gasteiger charge is -2.05. The molecule has 0 aliphatic heterocycles. The number of aryl methyl sites for hydroxylation is 2. The first kappa shape index (κ1) is 14.1. The van der Waals surface area contributed by atoms with Crippen LogP contribution >= 0.6 is 11.6 Å². The molecule has 0 aliphatic carbocycles. The van der Waals surface area contributed by atoms with Gasteiger partial charge in [-0.1, -0.05) is 11.6 Å². The van der Waals surface area contributed by atoms with Gasteiger partial charge in [-0.05, 0) is 6.92 Å². The minimum Gasteiger partial charge on any atom is -0.320 e. The molecule has 0 spiro atoms. The van der Waals surface area contributed by atoms with Crippen molar-refractivity contribution in [3.8, 4) is 0 Å². The largest absolute Gasteiger partial charge is 0.326 e. The van der Waals surface area contributed by atoms with E-state index >= 15 is 0 Å². The second-order valence-electron chi connectivity index (χ2n) is 4.25. The van der Waals surface area contributed by atoms with Crippen molar-refractivity contribution in [3.05, 3.63) is 43.4 Å². The van der Waals surface area contributed by atoms with Crippen LogP contribution in [0.2, 0.25) is 5.15 Å². The molecule has 2 rings (SSSR count). The number of aromatic amines is 2. The van der Waals surface area contributed by atoms with E-state index in [2.05, 4.69) is 15.4 Å². The zero-order valence-electron chi connectivity index (χ0n) is 10.8. The molecule has 2 aromatic rings. The SMILES string of the molecule is Cc1[nH]c(=O)[nH]c(=O)c1NC(=O)Cc1cn(C)nc1Cl. The Kier molecular flexibility index (Phi) is 3.75. The van der Waals surface area contributed by atoms with Gasteiger partial charge in [0, 0.05) is 24.5 Å². The Morgan fingerprint density at radius 3 is 2.70 bits per heavy atom. The van der Waals surface area contributed by atoms with Crippen LogP contribution in [-0.2, 0) is 18.3 Å². The van der Waals surface area contributed by atoms with E-state index in [1.807, 2.05) is 4.98 Å². The highest BCUT2D eigenvalue weighted by molar-refractivity contribution is 6.30. The molecular weight excluding hydrogens is 286 g/mol. The van der Waals surface area contributed by atoms with Crippen molar-refractivity contribution in [1.82, 2.24) is 19.7 Å². The predicted molar refractivity (Wildman–Crippen MR) is 73.0 cm³/mol. The van der Waals surface area contributed by atoms with Crippen molar-refractivity contribution < 1.29 is 4.79 Å². The van der Waals surface area contributed by atoms with Crippen LogP contribution in [0, 0.1) is 6.92 Å². The van der Waals surface area contributed by atoms with Crippen LogP contribution in [0.3, 0.4) is 0 Å². The lowest BCUT2D eigenvalue weighted by atomic mass is 10.2. The molecule has 0 aromatic carbocycles. The molecule has 0 aliphatic rings. The Morgan fingerprint density at radius 1 is 1.45 bits per heavy atom. The molecule has 0 saturated heterocycles. The van der Waals surface area contributed by atoms with Gasteiger partial charge >= 0.3 is 5.69 Å². The molecule has 3 N–H and O–H groups in total. The highest BCUT2D eigenvalue weighted by Crippen LogP contribution is 2.14. The first-order valence-electron chi connectivity index (χ1n) is 5.68. The molecule has 2 heterocycles. The Labute approximate surface area is 117 Å². The number of amides is 1. The highest BCUT2D eigenvalue weighted by atomic mass is 35.5. The molecular formula is C11H12ClN5O3. The number of nitrogens with one attached hydrogen (secondary N) is 3. The summed E-state index contributed by atoms with van der Waals surface area (Å²) in [7, 11) is 1.68. The number of hydrogen-bond donors (Lipinski definition) is 3. The minimum atomic E-state index is -0.656. The smallest absolute Gasteiger partial charge is 0.320 e. The fraction of sp³-hybridized carbons (Fsp3) is 0.273. The summed E-state index contributed by atoms with van der Waals surface area (Å²) in [5.74, 6) is -0.430. The Hall–Kier alpha value is -2.35. The molecule has 0 atom stereocenters. The van der Waals surface area contributed by atoms with Crippen molar-refractivity contribution >= 4 is 23.2 Å². The number of anilines is 1. The lowest BCUT2D eigenvalue weighted by Crippen LogP contribution is -2.29. The van der Waals surface area contributed by atoms with Crippen LogP contribution < -0.4 is 16.6 Å². The van der Waals surface area contributed by atoms with Crippen molar-refractivity contribution in [1.29, 1.82) is 0 Å². The fourth-order valence-electron chi connectivity index (χ4n) is 1.74. The molecule has 2 aromatic heterocycles. The van der Waals surface area contributed by atoms with Crippen molar-refractivity contribution in [2.24, 2.45) is 7.05 Å². The topological polar surface area (TPSA) is 113 Å². The van der Waals surface area contributed by atoms with Gasteiger partial charge in [-0.3, -0.25) is 19.3 Å². The molecule has 0 saturated carbocycles. The van der Waals surface area contributed by atoms with Gasteiger partial charge in [0.05, 0.1) is 6.42 Å². The maximum atomic E-state index is 11.9. The summed E-state index contributed by atoms with van der Waals surface area (Å²) >= 11 is 5.85. The van der Waals surface area contributed by atoms with Crippen LogP contribution in [0.1, 0.15) is 11.3 Å². The second kappa shape index (κ2) is 5.33. The number of rotatable bonds is 3. The van der Waals surface area contributed by atoms with Gasteiger partial charge in [0.15, 0.2) is 5.15 Å². The van der Waals surface area contributed by atoms with E-state index in [4.69, 9.17) is 11.6 Å². The summed E-state index contributed by atoms with van der Waals surface area (Å²) in [6, 6.07) is 0. The minimum absolute atomic E-state index is 0.00890. The Balaban J connectivity index is 2.19. The first-order valence-corrected chi connectivity index (χ1v) is 6.05. The zero-order chi connectivity index (χ0) is 14.9. The second-order valence-corrected chi connectivity index (χ2v) is 4.61. The average molecular weight is 298 g/mol. The van der Waals surface area contributed by atoms with Gasteiger partial charge in [-0.15, -0.1) is 0 Å². The molecule has 9 heteroatoms. The van der Waals surface area contributed by atoms with E-state index in [0.717, 1.165) is 0 Å². The van der Waals surface area contributed by atoms with E-state index in [-0.39, 0.29) is 23.0 Å². The number of nitrogens with zero attached hydrogens (tertiary/aromatic N) is 2. The van der Waals surface area contributed by atoms with Crippen LogP contribution in [0.4, 0.5) is 5.69 Å². The van der Waals surface area contributed by atoms with Crippen molar-refractivity contribution in [2.45, 2.75) is 13.3 Å². The highest BCUT2D eigenvalue weighted by Gasteiger charge is 2.13. The van der Waals surface area contributed by atoms with E-state index in [9.17, 15) is 14.4 Å². The summed E-state index contributed by atoms with van der Waals surface area (Å²) < 4.78 is 1.49. The summed E-state index contributed by atoms with van der Waals surface area (Å²) in [6.07, 6.45) is 1.59. The standard InChI is InChI=1S/C11H12ClN5O3/c1-5-8(10(19)15-11(20)13-5)14-7(18)3-6-4-17(2)16-9(6)12/h4H,3H2,1-2H3,(H,14,18)(H2,13,15,19,20). The van der Waals surface area contributed by atoms with Gasteiger partial charge in [0.25, 0.3) is 5.56 Å². The van der Waals surface area contributed by atoms with E-state index in [0.29, 0.717) is 5.56 Å². The molecule has 0 unspecified atom stereocenters. The van der Waals surface area contributed by atoms with Crippen LogP contribution in [0.25, 0.3) is 0 Å². The van der Waals surface area contributed by atoms with Crippen LogP contribution in [0.5, 0.6) is 0 Å². The number of H-pyrrole nitrogens is 2. The van der Waals surface area contributed by atoms with Gasteiger partial charge in [-0.25, -0.2) is 4.79 Å². The van der Waals surface area contributed by atoms with Crippen LogP contribution in [-0.4, -0.2) is 25.7 Å². The summed E-state index contributed by atoms with van der Waals surface area (Å²) in [6.45, 7) is 1.52. The van der Waals surface area contributed by atoms with Gasteiger partial charge in [0.1, 0.15) is 5.69 Å². The molecule has 0 radical (unpaired) electrons. The van der Waals surface area contributed by atoms with Gasteiger partial charge in [0.2, 0.25) is 5.91 Å². The van der Waals surface area contributed by atoms with Gasteiger partial charge < -0.3 is 10.3 Å². The van der Waals surface area contributed by atoms with E-state index in [1.165, 1.54) is 11.6 Å². The third-order valence-electron chi connectivity index (χ3n) is 2.60. The maximum absolute atomic E-state index is 11.9. The molecule has 8 nitrogen and oxygen atoms in total. The van der Waals surface area contributed by atoms with Crippen molar-refractivity contribution in [3.63, 3.8) is 0 Å². The number of aromatic nitrogens is 4. The molecule has 0 bridgehead atoms. The van der Waals surface area contributed by atoms with E-state index < -0.39 is 17.2 Å². The number of halogens is 1. The molecule has 1 amide bonds. The average Bonchev–Trinajstić information content (AvgIpc) is 2.62. The van der Waals surface area contributed by atoms with Gasteiger partial charge in [-0.2, -0.15) is 5.10 Å². The normalized spacial score (nSPS) is 10.6. The van der Waals surface area contributed by atoms with Crippen LogP contribution in [0.15, 0.2) is 15.8 Å². The Bertz CT molecular complexity index is 773. The lowest BCUT2D eigenvalue weighted by molar-refractivity contribution is -0.115. The predicted octanol–water partition coefficient (Wildman–Crippen LogP) is -0.0603.